The number of aromatic nitrogens is 2. The molecule has 0 bridgehead atoms. The van der Waals surface area contributed by atoms with Crippen LogP contribution in [-0.2, 0) is 12.7 Å². The van der Waals surface area contributed by atoms with Crippen LogP contribution in [0.3, 0.4) is 0 Å². The lowest BCUT2D eigenvalue weighted by Gasteiger charge is -2.20. The van der Waals surface area contributed by atoms with E-state index in [0.29, 0.717) is 31.1 Å². The molecule has 2 aliphatic heterocycles. The number of benzene rings is 1. The summed E-state index contributed by atoms with van der Waals surface area (Å²) < 4.78 is 44.0. The standard InChI is InChI=1S/C17H17F3N4O2/c18-17(19,20)12-7-21-16(23-15(12)25)22-13-4-1-5-14-11(13)8-24-6-2-3-10(24)9-26-14/h1,4-5,7,10H,2-3,6,8-9H2,(H2,21,22,23,25)/t10-/m0/s1. The molecule has 2 N–H and O–H groups in total. The smallest absolute Gasteiger partial charge is 0.423 e. The first-order valence-electron chi connectivity index (χ1n) is 8.34. The van der Waals surface area contributed by atoms with Crippen molar-refractivity contribution in [1.82, 2.24) is 14.9 Å². The number of hydrogen-bond acceptors (Lipinski definition) is 5. The lowest BCUT2D eigenvalue weighted by Crippen LogP contribution is -2.31. The Balaban J connectivity index is 1.64. The Kier molecular flexibility index (Phi) is 4.10. The third kappa shape index (κ3) is 3.14. The van der Waals surface area contributed by atoms with E-state index in [4.69, 9.17) is 4.74 Å². The maximum atomic E-state index is 12.7. The lowest BCUT2D eigenvalue weighted by atomic mass is 10.1. The Labute approximate surface area is 147 Å². The maximum Gasteiger partial charge on any atom is 0.423 e. The van der Waals surface area contributed by atoms with Crippen molar-refractivity contribution in [2.45, 2.75) is 31.6 Å². The molecule has 1 aromatic carbocycles. The molecule has 6 nitrogen and oxygen atoms in total. The molecule has 3 heterocycles. The predicted octanol–water partition coefficient (Wildman–Crippen LogP) is 2.89. The minimum absolute atomic E-state index is 0.0429. The van der Waals surface area contributed by atoms with Crippen molar-refractivity contribution in [1.29, 1.82) is 0 Å². The van der Waals surface area contributed by atoms with E-state index < -0.39 is 17.3 Å². The van der Waals surface area contributed by atoms with E-state index in [9.17, 15) is 18.0 Å². The maximum absolute atomic E-state index is 12.7. The largest absolute Gasteiger partial charge is 0.492 e. The van der Waals surface area contributed by atoms with Crippen molar-refractivity contribution in [3.63, 3.8) is 0 Å². The molecular weight excluding hydrogens is 349 g/mol. The quantitative estimate of drug-likeness (QED) is 0.855. The SMILES string of the molecule is O=c1[nH]c(Nc2cccc3c2CN2CCC[C@H]2CO3)ncc1C(F)(F)F. The summed E-state index contributed by atoms with van der Waals surface area (Å²) in [5.41, 5.74) is -0.997. The Morgan fingerprint density at radius 2 is 2.19 bits per heavy atom. The van der Waals surface area contributed by atoms with Crippen LogP contribution in [0.1, 0.15) is 24.0 Å². The van der Waals surface area contributed by atoms with E-state index in [0.717, 1.165) is 30.7 Å². The average molecular weight is 366 g/mol. The highest BCUT2D eigenvalue weighted by atomic mass is 19.4. The van der Waals surface area contributed by atoms with Crippen molar-refractivity contribution in [3.05, 3.63) is 45.9 Å². The van der Waals surface area contributed by atoms with Crippen LogP contribution >= 0.6 is 0 Å². The summed E-state index contributed by atoms with van der Waals surface area (Å²) in [5, 5.41) is 2.92. The van der Waals surface area contributed by atoms with Crippen molar-refractivity contribution in [2.75, 3.05) is 18.5 Å². The minimum Gasteiger partial charge on any atom is -0.492 e. The molecule has 2 aliphatic rings. The molecule has 0 spiro atoms. The Morgan fingerprint density at radius 3 is 2.96 bits per heavy atom. The highest BCUT2D eigenvalue weighted by Gasteiger charge is 2.34. The molecule has 138 valence electrons. The van der Waals surface area contributed by atoms with E-state index in [1.807, 2.05) is 6.07 Å². The van der Waals surface area contributed by atoms with Crippen molar-refractivity contribution in [2.24, 2.45) is 0 Å². The van der Waals surface area contributed by atoms with Gasteiger partial charge in [-0.2, -0.15) is 13.2 Å². The second-order valence-corrected chi connectivity index (χ2v) is 6.46. The van der Waals surface area contributed by atoms with Gasteiger partial charge in [-0.15, -0.1) is 0 Å². The summed E-state index contributed by atoms with van der Waals surface area (Å²) in [7, 11) is 0. The summed E-state index contributed by atoms with van der Waals surface area (Å²) in [5.74, 6) is 0.692. The van der Waals surface area contributed by atoms with Gasteiger partial charge < -0.3 is 10.1 Å². The molecule has 0 aliphatic carbocycles. The third-order valence-corrected chi connectivity index (χ3v) is 4.78. The van der Waals surface area contributed by atoms with Crippen molar-refractivity contribution >= 4 is 11.6 Å². The minimum atomic E-state index is -4.73. The molecule has 4 rings (SSSR count). The number of anilines is 2. The summed E-state index contributed by atoms with van der Waals surface area (Å²) in [6.07, 6.45) is -1.99. The van der Waals surface area contributed by atoms with Gasteiger partial charge in [-0.1, -0.05) is 6.07 Å². The number of nitrogens with zero attached hydrogens (tertiary/aromatic N) is 2. The highest BCUT2D eigenvalue weighted by molar-refractivity contribution is 5.63. The second kappa shape index (κ2) is 6.31. The fourth-order valence-electron chi connectivity index (χ4n) is 3.45. The van der Waals surface area contributed by atoms with Crippen LogP contribution in [0.15, 0.2) is 29.2 Å². The van der Waals surface area contributed by atoms with Gasteiger partial charge in [-0.3, -0.25) is 14.7 Å². The van der Waals surface area contributed by atoms with Crippen LogP contribution in [0.2, 0.25) is 0 Å². The lowest BCUT2D eigenvalue weighted by molar-refractivity contribution is -0.138. The van der Waals surface area contributed by atoms with Crippen LogP contribution in [0.4, 0.5) is 24.8 Å². The summed E-state index contributed by atoms with van der Waals surface area (Å²) in [4.78, 5) is 19.9. The molecule has 0 amide bonds. The number of ether oxygens (including phenoxy) is 1. The van der Waals surface area contributed by atoms with Gasteiger partial charge >= 0.3 is 6.18 Å². The van der Waals surface area contributed by atoms with Crippen molar-refractivity contribution in [3.8, 4) is 5.75 Å². The third-order valence-electron chi connectivity index (χ3n) is 4.78. The van der Waals surface area contributed by atoms with Gasteiger partial charge in [0.1, 0.15) is 17.9 Å². The number of halogens is 3. The molecular formula is C17H17F3N4O2. The number of nitrogens with one attached hydrogen (secondary N) is 2. The Morgan fingerprint density at radius 1 is 1.35 bits per heavy atom. The summed E-state index contributed by atoms with van der Waals surface area (Å²) in [6, 6.07) is 5.82. The van der Waals surface area contributed by atoms with Gasteiger partial charge in [0.2, 0.25) is 5.95 Å². The molecule has 1 aromatic heterocycles. The Hall–Kier alpha value is -2.55. The summed E-state index contributed by atoms with van der Waals surface area (Å²) >= 11 is 0. The van der Waals surface area contributed by atoms with Gasteiger partial charge in [-0.25, -0.2) is 4.98 Å². The van der Waals surface area contributed by atoms with E-state index in [1.165, 1.54) is 0 Å². The average Bonchev–Trinajstić information content (AvgIpc) is 2.93. The Bertz CT molecular complexity index is 881. The number of hydrogen-bond donors (Lipinski definition) is 2. The molecule has 1 atom stereocenters. The zero-order valence-electron chi connectivity index (χ0n) is 13.8. The van der Waals surface area contributed by atoms with Crippen LogP contribution < -0.4 is 15.6 Å². The van der Waals surface area contributed by atoms with Gasteiger partial charge in [0.15, 0.2) is 0 Å². The number of rotatable bonds is 2. The van der Waals surface area contributed by atoms with Crippen molar-refractivity contribution < 1.29 is 17.9 Å². The zero-order chi connectivity index (χ0) is 18.3. The van der Waals surface area contributed by atoms with Crippen LogP contribution in [0.25, 0.3) is 0 Å². The monoisotopic (exact) mass is 366 g/mol. The predicted molar refractivity (Wildman–Crippen MR) is 88.5 cm³/mol. The summed E-state index contributed by atoms with van der Waals surface area (Å²) in [6.45, 7) is 2.27. The second-order valence-electron chi connectivity index (χ2n) is 6.46. The first-order valence-corrected chi connectivity index (χ1v) is 8.34. The molecule has 2 aromatic rings. The number of fused-ring (bicyclic) bond motifs is 2. The van der Waals surface area contributed by atoms with E-state index in [-0.39, 0.29) is 5.95 Å². The first-order chi connectivity index (χ1) is 12.4. The van der Waals surface area contributed by atoms with E-state index in [1.54, 1.807) is 12.1 Å². The first kappa shape index (κ1) is 16.9. The molecule has 0 unspecified atom stereocenters. The normalized spacial score (nSPS) is 20.0. The van der Waals surface area contributed by atoms with Gasteiger partial charge in [0, 0.05) is 30.0 Å². The number of H-pyrrole nitrogens is 1. The molecule has 26 heavy (non-hydrogen) atoms. The highest BCUT2D eigenvalue weighted by Crippen LogP contribution is 2.35. The van der Waals surface area contributed by atoms with Crippen LogP contribution in [0.5, 0.6) is 5.75 Å². The van der Waals surface area contributed by atoms with Gasteiger partial charge in [-0.05, 0) is 31.5 Å². The van der Waals surface area contributed by atoms with Crippen LogP contribution in [-0.4, -0.2) is 34.1 Å². The fraction of sp³-hybridized carbons (Fsp3) is 0.412. The van der Waals surface area contributed by atoms with E-state index >= 15 is 0 Å². The van der Waals surface area contributed by atoms with Gasteiger partial charge in [0.05, 0.1) is 0 Å². The zero-order valence-corrected chi connectivity index (χ0v) is 13.8. The molecule has 0 saturated carbocycles. The number of aromatic amines is 1. The fourth-order valence-corrected chi connectivity index (χ4v) is 3.45. The number of alkyl halides is 3. The van der Waals surface area contributed by atoms with E-state index in [2.05, 4.69) is 20.2 Å². The molecule has 9 heteroatoms. The molecule has 1 saturated heterocycles. The van der Waals surface area contributed by atoms with Crippen LogP contribution in [0, 0.1) is 0 Å². The van der Waals surface area contributed by atoms with Gasteiger partial charge in [0.25, 0.3) is 5.56 Å². The molecule has 1 fully saturated rings. The molecule has 0 radical (unpaired) electrons. The topological polar surface area (TPSA) is 70.2 Å².